The lowest BCUT2D eigenvalue weighted by molar-refractivity contribution is 0.394. The molecule has 112 valence electrons. The summed E-state index contributed by atoms with van der Waals surface area (Å²) in [6, 6.07) is 0. The van der Waals surface area contributed by atoms with Crippen molar-refractivity contribution in [3.05, 3.63) is 11.4 Å². The van der Waals surface area contributed by atoms with Crippen LogP contribution in [-0.2, 0) is 6.42 Å². The fourth-order valence-electron chi connectivity index (χ4n) is 2.88. The number of hydrogen-bond acceptors (Lipinski definition) is 4. The van der Waals surface area contributed by atoms with Crippen LogP contribution >= 0.6 is 11.8 Å². The van der Waals surface area contributed by atoms with Crippen molar-refractivity contribution in [1.29, 1.82) is 0 Å². The largest absolute Gasteiger partial charge is 0.373 e. The van der Waals surface area contributed by atoms with E-state index in [0.717, 1.165) is 35.7 Å². The van der Waals surface area contributed by atoms with Crippen LogP contribution in [0.1, 0.15) is 57.3 Å². The van der Waals surface area contributed by atoms with Crippen LogP contribution in [0.5, 0.6) is 0 Å². The Hall–Kier alpha value is -0.770. The van der Waals surface area contributed by atoms with Gasteiger partial charge in [-0.1, -0.05) is 26.7 Å². The molecule has 1 fully saturated rings. The summed E-state index contributed by atoms with van der Waals surface area (Å²) in [6.45, 7) is 6.69. The Kier molecular flexibility index (Phi) is 5.70. The normalized spacial score (nSPS) is 22.8. The van der Waals surface area contributed by atoms with Gasteiger partial charge in [0.15, 0.2) is 0 Å². The van der Waals surface area contributed by atoms with Crippen molar-refractivity contribution in [3.8, 4) is 0 Å². The summed E-state index contributed by atoms with van der Waals surface area (Å²) in [6.07, 6.45) is 7.47. The van der Waals surface area contributed by atoms with Crippen LogP contribution < -0.4 is 5.32 Å². The van der Waals surface area contributed by atoms with Gasteiger partial charge in [-0.3, -0.25) is 0 Å². The molecule has 0 aliphatic heterocycles. The van der Waals surface area contributed by atoms with Crippen molar-refractivity contribution < 1.29 is 0 Å². The minimum atomic E-state index is 0.728. The first kappa shape index (κ1) is 15.6. The zero-order valence-electron chi connectivity index (χ0n) is 13.2. The number of aryl methyl sites for hydroxylation is 1. The molecule has 2 rings (SSSR count). The predicted octanol–water partition coefficient (Wildman–Crippen LogP) is 4.45. The zero-order valence-corrected chi connectivity index (χ0v) is 14.0. The molecule has 0 spiro atoms. The van der Waals surface area contributed by atoms with Gasteiger partial charge in [0.1, 0.15) is 16.7 Å². The lowest BCUT2D eigenvalue weighted by Crippen LogP contribution is -2.16. The van der Waals surface area contributed by atoms with Crippen LogP contribution in [0.3, 0.4) is 0 Å². The standard InChI is InChI=1S/C16H27N3S/c1-5-7-14-18-15(17-4)12(3)16(19-14)20-13-9-6-8-11(2)10-13/h11,13H,5-10H2,1-4H3,(H,17,18,19). The number of thioether (sulfide) groups is 1. The number of rotatable bonds is 5. The highest BCUT2D eigenvalue weighted by Gasteiger charge is 2.22. The van der Waals surface area contributed by atoms with Gasteiger partial charge in [-0.05, 0) is 32.1 Å². The van der Waals surface area contributed by atoms with Gasteiger partial charge in [0.05, 0.1) is 0 Å². The van der Waals surface area contributed by atoms with E-state index in [1.165, 1.54) is 36.3 Å². The SMILES string of the molecule is CCCc1nc(NC)c(C)c(SC2CCCC(C)C2)n1. The molecule has 0 bridgehead atoms. The van der Waals surface area contributed by atoms with Crippen molar-refractivity contribution in [2.24, 2.45) is 5.92 Å². The Morgan fingerprint density at radius 3 is 2.75 bits per heavy atom. The highest BCUT2D eigenvalue weighted by atomic mass is 32.2. The second-order valence-electron chi connectivity index (χ2n) is 5.93. The summed E-state index contributed by atoms with van der Waals surface area (Å²) in [4.78, 5) is 9.42. The van der Waals surface area contributed by atoms with Crippen LogP contribution in [0.2, 0.25) is 0 Å². The van der Waals surface area contributed by atoms with Crippen LogP contribution in [0.15, 0.2) is 5.03 Å². The third-order valence-electron chi connectivity index (χ3n) is 4.02. The summed E-state index contributed by atoms with van der Waals surface area (Å²) in [5.74, 6) is 2.84. The molecule has 1 heterocycles. The number of nitrogens with zero attached hydrogens (tertiary/aromatic N) is 2. The van der Waals surface area contributed by atoms with E-state index in [0.29, 0.717) is 0 Å². The second-order valence-corrected chi connectivity index (χ2v) is 7.22. The third kappa shape index (κ3) is 3.87. The van der Waals surface area contributed by atoms with Gasteiger partial charge < -0.3 is 5.32 Å². The molecule has 1 aromatic heterocycles. The predicted molar refractivity (Wildman–Crippen MR) is 87.6 cm³/mol. The Balaban J connectivity index is 2.18. The van der Waals surface area contributed by atoms with Crippen molar-refractivity contribution >= 4 is 17.6 Å². The van der Waals surface area contributed by atoms with Crippen LogP contribution in [0.4, 0.5) is 5.82 Å². The number of aromatic nitrogens is 2. The van der Waals surface area contributed by atoms with E-state index in [-0.39, 0.29) is 0 Å². The Morgan fingerprint density at radius 2 is 2.10 bits per heavy atom. The summed E-state index contributed by atoms with van der Waals surface area (Å²) in [7, 11) is 1.95. The van der Waals surface area contributed by atoms with E-state index in [1.54, 1.807) is 0 Å². The summed E-state index contributed by atoms with van der Waals surface area (Å²) >= 11 is 1.97. The molecular weight excluding hydrogens is 266 g/mol. The first-order valence-electron chi connectivity index (χ1n) is 7.86. The van der Waals surface area contributed by atoms with Gasteiger partial charge in [-0.15, -0.1) is 11.8 Å². The molecule has 2 unspecified atom stereocenters. The summed E-state index contributed by atoms with van der Waals surface area (Å²) in [5, 5.41) is 5.13. The molecular formula is C16H27N3S. The first-order valence-corrected chi connectivity index (χ1v) is 8.73. The van der Waals surface area contributed by atoms with E-state index in [2.05, 4.69) is 31.1 Å². The van der Waals surface area contributed by atoms with Gasteiger partial charge in [-0.25, -0.2) is 9.97 Å². The van der Waals surface area contributed by atoms with Gasteiger partial charge in [-0.2, -0.15) is 0 Å². The molecule has 0 aromatic carbocycles. The van der Waals surface area contributed by atoms with Crippen molar-refractivity contribution in [2.75, 3.05) is 12.4 Å². The lowest BCUT2D eigenvalue weighted by atomic mass is 9.91. The van der Waals surface area contributed by atoms with E-state index >= 15 is 0 Å². The summed E-state index contributed by atoms with van der Waals surface area (Å²) < 4.78 is 0. The fraction of sp³-hybridized carbons (Fsp3) is 0.750. The molecule has 1 aromatic rings. The van der Waals surface area contributed by atoms with Gasteiger partial charge in [0.2, 0.25) is 0 Å². The van der Waals surface area contributed by atoms with Crippen LogP contribution in [-0.4, -0.2) is 22.3 Å². The zero-order chi connectivity index (χ0) is 14.5. The molecule has 3 nitrogen and oxygen atoms in total. The van der Waals surface area contributed by atoms with Gasteiger partial charge in [0.25, 0.3) is 0 Å². The van der Waals surface area contributed by atoms with Gasteiger partial charge >= 0.3 is 0 Å². The van der Waals surface area contributed by atoms with Crippen molar-refractivity contribution in [3.63, 3.8) is 0 Å². The van der Waals surface area contributed by atoms with Crippen molar-refractivity contribution in [2.45, 2.75) is 69.6 Å². The maximum absolute atomic E-state index is 4.80. The van der Waals surface area contributed by atoms with E-state index in [1.807, 2.05) is 18.8 Å². The molecule has 0 amide bonds. The number of anilines is 1. The van der Waals surface area contributed by atoms with Crippen molar-refractivity contribution in [1.82, 2.24) is 9.97 Å². The van der Waals surface area contributed by atoms with E-state index in [9.17, 15) is 0 Å². The lowest BCUT2D eigenvalue weighted by Gasteiger charge is -2.26. The fourth-order valence-corrected chi connectivity index (χ4v) is 4.33. The minimum absolute atomic E-state index is 0.728. The maximum atomic E-state index is 4.80. The smallest absolute Gasteiger partial charge is 0.133 e. The third-order valence-corrected chi connectivity index (χ3v) is 5.41. The highest BCUT2D eigenvalue weighted by Crippen LogP contribution is 2.37. The molecule has 4 heteroatoms. The van der Waals surface area contributed by atoms with Crippen LogP contribution in [0, 0.1) is 12.8 Å². The van der Waals surface area contributed by atoms with Gasteiger partial charge in [0, 0.05) is 24.3 Å². The van der Waals surface area contributed by atoms with E-state index in [4.69, 9.17) is 4.98 Å². The average molecular weight is 293 g/mol. The molecule has 0 radical (unpaired) electrons. The van der Waals surface area contributed by atoms with E-state index < -0.39 is 0 Å². The number of hydrogen-bond donors (Lipinski definition) is 1. The molecule has 1 aliphatic rings. The molecule has 1 aliphatic carbocycles. The average Bonchev–Trinajstić information content (AvgIpc) is 2.42. The Labute approximate surface area is 127 Å². The summed E-state index contributed by atoms with van der Waals surface area (Å²) in [5.41, 5.74) is 1.20. The quantitative estimate of drug-likeness (QED) is 0.814. The highest BCUT2D eigenvalue weighted by molar-refractivity contribution is 7.99. The molecule has 1 N–H and O–H groups in total. The molecule has 1 saturated carbocycles. The van der Waals surface area contributed by atoms with Crippen LogP contribution in [0.25, 0.3) is 0 Å². The Bertz CT molecular complexity index is 448. The molecule has 2 atom stereocenters. The molecule has 20 heavy (non-hydrogen) atoms. The topological polar surface area (TPSA) is 37.8 Å². The number of nitrogens with one attached hydrogen (secondary N) is 1. The Morgan fingerprint density at radius 1 is 1.30 bits per heavy atom. The first-order chi connectivity index (χ1) is 9.63. The monoisotopic (exact) mass is 293 g/mol. The second kappa shape index (κ2) is 7.30. The molecule has 0 saturated heterocycles. The maximum Gasteiger partial charge on any atom is 0.133 e. The minimum Gasteiger partial charge on any atom is -0.373 e.